The average molecular weight is 298 g/mol. The second-order valence-electron chi connectivity index (χ2n) is 5.71. The van der Waals surface area contributed by atoms with Gasteiger partial charge in [-0.2, -0.15) is 0 Å². The van der Waals surface area contributed by atoms with E-state index < -0.39 is 17.8 Å². The maximum absolute atomic E-state index is 12.5. The van der Waals surface area contributed by atoms with Crippen LogP contribution in [-0.4, -0.2) is 22.0 Å². The Morgan fingerprint density at radius 1 is 1.09 bits per heavy atom. The number of carboxylic acids is 1. The second kappa shape index (κ2) is 6.13. The predicted molar refractivity (Wildman–Crippen MR) is 83.5 cm³/mol. The van der Waals surface area contributed by atoms with Crippen LogP contribution in [0.4, 0.5) is 5.69 Å². The standard InChI is InChI=1S/C17H18N2O3/c20-16(12-7-1-2-8-13(12)17(21)22)19-14-9-3-5-11-6-4-10-18-15(11)14/h3-6,9-10,12-13H,1-2,7-8H2,(H,19,20)(H,21,22). The number of benzene rings is 1. The Morgan fingerprint density at radius 2 is 1.82 bits per heavy atom. The molecule has 0 saturated heterocycles. The number of aromatic nitrogens is 1. The molecule has 1 aromatic carbocycles. The molecule has 1 aliphatic carbocycles. The smallest absolute Gasteiger partial charge is 0.307 e. The predicted octanol–water partition coefficient (Wildman–Crippen LogP) is 3.06. The normalized spacial score (nSPS) is 21.5. The molecule has 2 unspecified atom stereocenters. The lowest BCUT2D eigenvalue weighted by Gasteiger charge is -2.27. The summed E-state index contributed by atoms with van der Waals surface area (Å²) in [7, 11) is 0. The van der Waals surface area contributed by atoms with Crippen molar-refractivity contribution in [1.29, 1.82) is 0 Å². The fraction of sp³-hybridized carbons (Fsp3) is 0.353. The summed E-state index contributed by atoms with van der Waals surface area (Å²) in [6.45, 7) is 0. The van der Waals surface area contributed by atoms with Crippen molar-refractivity contribution in [3.8, 4) is 0 Å². The molecular weight excluding hydrogens is 280 g/mol. The highest BCUT2D eigenvalue weighted by Gasteiger charge is 2.35. The fourth-order valence-corrected chi connectivity index (χ4v) is 3.17. The molecule has 5 heteroatoms. The number of carbonyl (C=O) groups excluding carboxylic acids is 1. The van der Waals surface area contributed by atoms with Crippen LogP contribution in [0, 0.1) is 11.8 Å². The lowest BCUT2D eigenvalue weighted by atomic mass is 9.78. The first-order chi connectivity index (χ1) is 10.7. The number of carboxylic acid groups (broad SMARTS) is 1. The lowest BCUT2D eigenvalue weighted by molar-refractivity contribution is -0.147. The van der Waals surface area contributed by atoms with E-state index in [0.29, 0.717) is 18.5 Å². The first-order valence-electron chi connectivity index (χ1n) is 7.54. The molecule has 114 valence electrons. The largest absolute Gasteiger partial charge is 0.481 e. The zero-order valence-electron chi connectivity index (χ0n) is 12.2. The topological polar surface area (TPSA) is 79.3 Å². The van der Waals surface area contributed by atoms with Crippen LogP contribution in [0.3, 0.4) is 0 Å². The van der Waals surface area contributed by atoms with E-state index in [0.717, 1.165) is 23.7 Å². The zero-order chi connectivity index (χ0) is 15.5. The van der Waals surface area contributed by atoms with Crippen LogP contribution >= 0.6 is 0 Å². The van der Waals surface area contributed by atoms with Gasteiger partial charge in [0.2, 0.25) is 5.91 Å². The van der Waals surface area contributed by atoms with Crippen LogP contribution in [0.1, 0.15) is 25.7 Å². The number of nitrogens with one attached hydrogen (secondary N) is 1. The maximum Gasteiger partial charge on any atom is 0.307 e. The molecule has 2 N–H and O–H groups in total. The number of anilines is 1. The van der Waals surface area contributed by atoms with Crippen molar-refractivity contribution in [1.82, 2.24) is 4.98 Å². The van der Waals surface area contributed by atoms with Crippen molar-refractivity contribution in [3.05, 3.63) is 36.5 Å². The summed E-state index contributed by atoms with van der Waals surface area (Å²) in [5.41, 5.74) is 1.36. The minimum Gasteiger partial charge on any atom is -0.481 e. The van der Waals surface area contributed by atoms with E-state index in [4.69, 9.17) is 0 Å². The van der Waals surface area contributed by atoms with E-state index in [2.05, 4.69) is 10.3 Å². The Hall–Kier alpha value is -2.43. The Bertz CT molecular complexity index is 709. The van der Waals surface area contributed by atoms with E-state index in [1.165, 1.54) is 0 Å². The van der Waals surface area contributed by atoms with E-state index in [1.807, 2.05) is 24.3 Å². The lowest BCUT2D eigenvalue weighted by Crippen LogP contribution is -2.36. The van der Waals surface area contributed by atoms with Gasteiger partial charge in [0.05, 0.1) is 23.0 Å². The maximum atomic E-state index is 12.5. The van der Waals surface area contributed by atoms with Gasteiger partial charge in [-0.15, -0.1) is 0 Å². The Morgan fingerprint density at radius 3 is 2.59 bits per heavy atom. The molecule has 0 aliphatic heterocycles. The van der Waals surface area contributed by atoms with Crippen LogP contribution in [0.2, 0.25) is 0 Å². The molecular formula is C17H18N2O3. The first kappa shape index (κ1) is 14.5. The van der Waals surface area contributed by atoms with E-state index in [9.17, 15) is 14.7 Å². The second-order valence-corrected chi connectivity index (χ2v) is 5.71. The molecule has 0 spiro atoms. The van der Waals surface area contributed by atoms with Gasteiger partial charge in [0.15, 0.2) is 0 Å². The van der Waals surface area contributed by atoms with Gasteiger partial charge < -0.3 is 10.4 Å². The number of amides is 1. The fourth-order valence-electron chi connectivity index (χ4n) is 3.17. The number of para-hydroxylation sites is 1. The molecule has 2 aromatic rings. The molecule has 3 rings (SSSR count). The van der Waals surface area contributed by atoms with Crippen LogP contribution in [0.15, 0.2) is 36.5 Å². The van der Waals surface area contributed by atoms with Crippen LogP contribution in [-0.2, 0) is 9.59 Å². The number of hydrogen-bond acceptors (Lipinski definition) is 3. The molecule has 22 heavy (non-hydrogen) atoms. The quantitative estimate of drug-likeness (QED) is 0.912. The van der Waals surface area contributed by atoms with Gasteiger partial charge in [-0.3, -0.25) is 14.6 Å². The van der Waals surface area contributed by atoms with Crippen molar-refractivity contribution in [2.75, 3.05) is 5.32 Å². The van der Waals surface area contributed by atoms with Crippen LogP contribution in [0.5, 0.6) is 0 Å². The van der Waals surface area contributed by atoms with E-state index in [1.54, 1.807) is 12.3 Å². The Balaban J connectivity index is 1.85. The zero-order valence-corrected chi connectivity index (χ0v) is 12.2. The van der Waals surface area contributed by atoms with Gasteiger partial charge in [0.1, 0.15) is 0 Å². The number of aliphatic carboxylic acids is 1. The van der Waals surface area contributed by atoms with Crippen molar-refractivity contribution >= 4 is 28.5 Å². The summed E-state index contributed by atoms with van der Waals surface area (Å²) in [5.74, 6) is -2.15. The van der Waals surface area contributed by atoms with Gasteiger partial charge >= 0.3 is 5.97 Å². The van der Waals surface area contributed by atoms with E-state index >= 15 is 0 Å². The summed E-state index contributed by atoms with van der Waals surface area (Å²) >= 11 is 0. The molecule has 0 radical (unpaired) electrons. The highest BCUT2D eigenvalue weighted by atomic mass is 16.4. The summed E-state index contributed by atoms with van der Waals surface area (Å²) in [6, 6.07) is 9.36. The van der Waals surface area contributed by atoms with Gasteiger partial charge in [-0.1, -0.05) is 31.0 Å². The molecule has 1 aliphatic rings. The molecule has 1 amide bonds. The van der Waals surface area contributed by atoms with Crippen molar-refractivity contribution in [3.63, 3.8) is 0 Å². The number of hydrogen-bond donors (Lipinski definition) is 2. The summed E-state index contributed by atoms with van der Waals surface area (Å²) in [4.78, 5) is 28.2. The summed E-state index contributed by atoms with van der Waals surface area (Å²) < 4.78 is 0. The SMILES string of the molecule is O=C(O)C1CCCCC1C(=O)Nc1cccc2cccnc12. The summed E-state index contributed by atoms with van der Waals surface area (Å²) in [5, 5.41) is 13.1. The van der Waals surface area contributed by atoms with Crippen LogP contribution in [0.25, 0.3) is 10.9 Å². The van der Waals surface area contributed by atoms with Gasteiger partial charge in [0, 0.05) is 11.6 Å². The third-order valence-corrected chi connectivity index (χ3v) is 4.31. The molecule has 1 saturated carbocycles. The minimum absolute atomic E-state index is 0.217. The third kappa shape index (κ3) is 2.79. The highest BCUT2D eigenvalue weighted by molar-refractivity contribution is 6.02. The first-order valence-corrected chi connectivity index (χ1v) is 7.54. The molecule has 2 atom stereocenters. The number of carbonyl (C=O) groups is 2. The van der Waals surface area contributed by atoms with Crippen molar-refractivity contribution in [2.24, 2.45) is 11.8 Å². The van der Waals surface area contributed by atoms with Gasteiger partial charge in [0.25, 0.3) is 0 Å². The van der Waals surface area contributed by atoms with E-state index in [-0.39, 0.29) is 5.91 Å². The minimum atomic E-state index is -0.879. The Kier molecular flexibility index (Phi) is 4.04. The molecule has 0 bridgehead atoms. The van der Waals surface area contributed by atoms with Crippen LogP contribution < -0.4 is 5.32 Å². The number of fused-ring (bicyclic) bond motifs is 1. The molecule has 1 aromatic heterocycles. The van der Waals surface area contributed by atoms with Crippen molar-refractivity contribution < 1.29 is 14.7 Å². The average Bonchev–Trinajstić information content (AvgIpc) is 2.55. The molecule has 1 heterocycles. The number of nitrogens with zero attached hydrogens (tertiary/aromatic N) is 1. The third-order valence-electron chi connectivity index (χ3n) is 4.31. The van der Waals surface area contributed by atoms with Crippen molar-refractivity contribution in [2.45, 2.75) is 25.7 Å². The molecule has 5 nitrogen and oxygen atoms in total. The molecule has 1 fully saturated rings. The Labute approximate surface area is 128 Å². The number of pyridine rings is 1. The van der Waals surface area contributed by atoms with Gasteiger partial charge in [-0.05, 0) is 25.0 Å². The summed E-state index contributed by atoms with van der Waals surface area (Å²) in [6.07, 6.45) is 4.65. The van der Waals surface area contributed by atoms with Gasteiger partial charge in [-0.25, -0.2) is 0 Å². The highest BCUT2D eigenvalue weighted by Crippen LogP contribution is 2.32. The number of rotatable bonds is 3. The monoisotopic (exact) mass is 298 g/mol.